The average Bonchev–Trinajstić information content (AvgIpc) is 2.83. The van der Waals surface area contributed by atoms with Crippen molar-refractivity contribution in [3.8, 4) is 0 Å². The second kappa shape index (κ2) is 2.02. The van der Waals surface area contributed by atoms with Crippen LogP contribution in [0.5, 0.6) is 0 Å². The molecule has 2 heterocycles. The van der Waals surface area contributed by atoms with Crippen LogP contribution in [0.4, 0.5) is 5.69 Å². The first-order chi connectivity index (χ1) is 5.45. The predicted octanol–water partition coefficient (Wildman–Crippen LogP) is 1.40. The predicted molar refractivity (Wildman–Crippen MR) is 46.8 cm³/mol. The number of rotatable bonds is 0. The van der Waals surface area contributed by atoms with Gasteiger partial charge in [0.05, 0.1) is 0 Å². The van der Waals surface area contributed by atoms with Gasteiger partial charge in [-0.2, -0.15) is 0 Å². The number of aryl methyl sites for hydroxylation is 1. The summed E-state index contributed by atoms with van der Waals surface area (Å²) in [6.07, 6.45) is 2.70. The number of nitrogens with zero attached hydrogens (tertiary/aromatic N) is 1. The van der Waals surface area contributed by atoms with E-state index in [1.807, 2.05) is 0 Å². The van der Waals surface area contributed by atoms with Crippen molar-refractivity contribution in [2.45, 2.75) is 17.8 Å². The molecule has 1 nitrogen and oxygen atoms in total. The summed E-state index contributed by atoms with van der Waals surface area (Å²) in [5.74, 6) is 0. The molecule has 1 aromatic carbocycles. The second-order valence-electron chi connectivity index (χ2n) is 3.05. The van der Waals surface area contributed by atoms with Crippen molar-refractivity contribution in [1.82, 2.24) is 0 Å². The van der Waals surface area contributed by atoms with Gasteiger partial charge in [0.1, 0.15) is 0 Å². The van der Waals surface area contributed by atoms with Crippen LogP contribution in [-0.2, 0) is 6.42 Å². The number of benzene rings is 1. The molecular weight excluding hydrogens is 201 g/mol. The van der Waals surface area contributed by atoms with E-state index in [4.69, 9.17) is 0 Å². The maximum atomic E-state index is 2.56. The number of para-hydroxylation sites is 1. The summed E-state index contributed by atoms with van der Waals surface area (Å²) in [5.41, 5.74) is 3.08. The van der Waals surface area contributed by atoms with Crippen molar-refractivity contribution < 1.29 is 0 Å². The normalized spacial score (nSPS) is 25.8. The molecule has 0 aliphatic carbocycles. The first-order valence-electron chi connectivity index (χ1n) is 3.99. The van der Waals surface area contributed by atoms with Gasteiger partial charge in [-0.05, 0) is 0 Å². The summed E-state index contributed by atoms with van der Waals surface area (Å²) in [5, 5.41) is 0. The van der Waals surface area contributed by atoms with Gasteiger partial charge in [-0.25, -0.2) is 0 Å². The Labute approximate surface area is 72.8 Å². The van der Waals surface area contributed by atoms with E-state index in [1.54, 1.807) is 5.56 Å². The van der Waals surface area contributed by atoms with Crippen LogP contribution in [0.25, 0.3) is 0 Å². The van der Waals surface area contributed by atoms with E-state index in [0.29, 0.717) is 0 Å². The molecule has 3 rings (SSSR count). The van der Waals surface area contributed by atoms with Gasteiger partial charge in [0.25, 0.3) is 0 Å². The fourth-order valence-electron chi connectivity index (χ4n) is 1.70. The van der Waals surface area contributed by atoms with E-state index < -0.39 is 0 Å². The quantitative estimate of drug-likeness (QED) is 0.462. The first-order valence-corrected chi connectivity index (χ1v) is 5.74. The van der Waals surface area contributed by atoms with Gasteiger partial charge in [0.2, 0.25) is 0 Å². The fourth-order valence-corrected chi connectivity index (χ4v) is 3.68. The molecule has 2 heteroatoms. The van der Waals surface area contributed by atoms with Crippen molar-refractivity contribution in [3.05, 3.63) is 29.8 Å². The Balaban J connectivity index is 2.14. The van der Waals surface area contributed by atoms with Crippen LogP contribution in [0, 0.1) is 0 Å². The van der Waals surface area contributed by atoms with Gasteiger partial charge >= 0.3 is 72.4 Å². The SMILES string of the molecule is c1ccc2c(c1)CCC1[Se]N21. The molecule has 1 fully saturated rings. The minimum absolute atomic E-state index is 0.798. The summed E-state index contributed by atoms with van der Waals surface area (Å²) in [7, 11) is 0. The van der Waals surface area contributed by atoms with Crippen molar-refractivity contribution in [2.75, 3.05) is 3.92 Å². The zero-order valence-electron chi connectivity index (χ0n) is 6.16. The van der Waals surface area contributed by atoms with Gasteiger partial charge in [0.15, 0.2) is 0 Å². The van der Waals surface area contributed by atoms with E-state index in [0.717, 1.165) is 20.1 Å². The fraction of sp³-hybridized carbons (Fsp3) is 0.333. The first kappa shape index (κ1) is 6.10. The maximum absolute atomic E-state index is 2.56. The third-order valence-electron chi connectivity index (χ3n) is 2.34. The topological polar surface area (TPSA) is 3.01 Å². The summed E-state index contributed by atoms with van der Waals surface area (Å²) < 4.78 is 2.56. The molecule has 2 aliphatic rings. The molecule has 0 bridgehead atoms. The molecule has 1 atom stereocenters. The molecule has 2 aliphatic heterocycles. The second-order valence-corrected chi connectivity index (χ2v) is 5.46. The molecule has 0 saturated carbocycles. The Hall–Kier alpha value is -0.461. The molecular formula is C9H9NSe. The van der Waals surface area contributed by atoms with Crippen molar-refractivity contribution in [1.29, 1.82) is 0 Å². The van der Waals surface area contributed by atoms with Crippen LogP contribution in [-0.4, -0.2) is 20.1 Å². The van der Waals surface area contributed by atoms with Crippen LogP contribution in [0.1, 0.15) is 12.0 Å². The van der Waals surface area contributed by atoms with Gasteiger partial charge in [0, 0.05) is 0 Å². The molecule has 11 heavy (non-hydrogen) atoms. The molecule has 0 aromatic heterocycles. The van der Waals surface area contributed by atoms with Crippen LogP contribution >= 0.6 is 0 Å². The van der Waals surface area contributed by atoms with Crippen LogP contribution in [0.3, 0.4) is 0 Å². The molecule has 0 radical (unpaired) electrons. The Morgan fingerprint density at radius 3 is 3.27 bits per heavy atom. The molecule has 0 N–H and O–H groups in total. The Kier molecular flexibility index (Phi) is 1.12. The molecule has 1 saturated heterocycles. The van der Waals surface area contributed by atoms with Gasteiger partial charge < -0.3 is 0 Å². The van der Waals surface area contributed by atoms with Gasteiger partial charge in [-0.3, -0.25) is 0 Å². The van der Waals surface area contributed by atoms with E-state index in [2.05, 4.69) is 28.2 Å². The molecule has 56 valence electrons. The standard InChI is InChI=1S/C9H9NSe/c1-2-4-8-7(3-1)5-6-9-10(8)11-9/h1-4,9H,5-6H2. The third kappa shape index (κ3) is 0.831. The van der Waals surface area contributed by atoms with E-state index in [1.165, 1.54) is 18.5 Å². The number of anilines is 1. The minimum atomic E-state index is 0.798. The van der Waals surface area contributed by atoms with Crippen molar-refractivity contribution in [3.63, 3.8) is 0 Å². The zero-order chi connectivity index (χ0) is 7.26. The third-order valence-corrected chi connectivity index (χ3v) is 4.76. The van der Waals surface area contributed by atoms with Crippen LogP contribution in [0.15, 0.2) is 24.3 Å². The Morgan fingerprint density at radius 2 is 2.27 bits per heavy atom. The summed E-state index contributed by atoms with van der Waals surface area (Å²) in [4.78, 5) is 0.956. The molecule has 1 aromatic rings. The molecule has 1 unspecified atom stereocenters. The van der Waals surface area contributed by atoms with Crippen molar-refractivity contribution in [2.24, 2.45) is 0 Å². The number of hydrogen-bond acceptors (Lipinski definition) is 1. The Bertz CT molecular complexity index is 297. The van der Waals surface area contributed by atoms with Crippen molar-refractivity contribution >= 4 is 20.9 Å². The molecule has 0 spiro atoms. The van der Waals surface area contributed by atoms with E-state index >= 15 is 0 Å². The average molecular weight is 210 g/mol. The van der Waals surface area contributed by atoms with E-state index in [9.17, 15) is 0 Å². The monoisotopic (exact) mass is 211 g/mol. The summed E-state index contributed by atoms with van der Waals surface area (Å²) in [6.45, 7) is 0. The molecule has 0 amide bonds. The van der Waals surface area contributed by atoms with Crippen LogP contribution in [0.2, 0.25) is 0 Å². The Morgan fingerprint density at radius 1 is 1.36 bits per heavy atom. The number of hydrogen-bond donors (Lipinski definition) is 0. The van der Waals surface area contributed by atoms with E-state index in [-0.39, 0.29) is 0 Å². The van der Waals surface area contributed by atoms with Crippen LogP contribution < -0.4 is 3.92 Å². The summed E-state index contributed by atoms with van der Waals surface area (Å²) in [6, 6.07) is 8.82. The number of fused-ring (bicyclic) bond motifs is 3. The van der Waals surface area contributed by atoms with Gasteiger partial charge in [-0.1, -0.05) is 0 Å². The summed E-state index contributed by atoms with van der Waals surface area (Å²) >= 11 is 0.798. The zero-order valence-corrected chi connectivity index (χ0v) is 7.87. The van der Waals surface area contributed by atoms with Gasteiger partial charge in [-0.15, -0.1) is 0 Å².